The van der Waals surface area contributed by atoms with Crippen molar-refractivity contribution in [3.63, 3.8) is 0 Å². The molecule has 0 radical (unpaired) electrons. The van der Waals surface area contributed by atoms with Crippen LogP contribution in [0.1, 0.15) is 12.7 Å². The van der Waals surface area contributed by atoms with Crippen LogP contribution in [0.5, 0.6) is 5.75 Å². The van der Waals surface area contributed by atoms with Crippen molar-refractivity contribution in [2.45, 2.75) is 13.8 Å². The average Bonchev–Trinajstić information content (AvgIpc) is 2.41. The molecule has 110 valence electrons. The van der Waals surface area contributed by atoms with E-state index in [-0.39, 0.29) is 29.1 Å². The van der Waals surface area contributed by atoms with E-state index in [2.05, 4.69) is 0 Å². The molecule has 1 aromatic heterocycles. The first-order valence-corrected chi connectivity index (χ1v) is 5.89. The number of nitro groups is 2. The van der Waals surface area contributed by atoms with Gasteiger partial charge in [-0.2, -0.15) is 0 Å². The van der Waals surface area contributed by atoms with Crippen LogP contribution < -0.4 is 10.2 Å². The summed E-state index contributed by atoms with van der Waals surface area (Å²) in [5.41, 5.74) is -2.16. The molecule has 0 N–H and O–H groups in total. The Morgan fingerprint density at radius 2 is 1.90 bits per heavy atom. The summed E-state index contributed by atoms with van der Waals surface area (Å²) in [5, 5.41) is 21.5. The highest BCUT2D eigenvalue weighted by atomic mass is 16.6. The fourth-order valence-corrected chi connectivity index (χ4v) is 1.94. The van der Waals surface area contributed by atoms with E-state index in [4.69, 9.17) is 9.15 Å². The number of fused-ring (bicyclic) bond motifs is 1. The molecule has 0 amide bonds. The van der Waals surface area contributed by atoms with Crippen molar-refractivity contribution in [2.24, 2.45) is 0 Å². The van der Waals surface area contributed by atoms with E-state index in [1.807, 2.05) is 0 Å². The highest BCUT2D eigenvalue weighted by Gasteiger charge is 2.26. The molecule has 0 spiro atoms. The molecule has 9 nitrogen and oxygen atoms in total. The highest BCUT2D eigenvalue weighted by Crippen LogP contribution is 2.31. The number of rotatable bonds is 4. The van der Waals surface area contributed by atoms with Crippen LogP contribution >= 0.6 is 0 Å². The van der Waals surface area contributed by atoms with Crippen molar-refractivity contribution in [1.29, 1.82) is 0 Å². The summed E-state index contributed by atoms with van der Waals surface area (Å²) in [6.45, 7) is 3.27. The van der Waals surface area contributed by atoms with Gasteiger partial charge in [-0.25, -0.2) is 0 Å². The predicted molar refractivity (Wildman–Crippen MR) is 71.7 cm³/mol. The summed E-state index contributed by atoms with van der Waals surface area (Å²) in [7, 11) is 0. The molecule has 0 fully saturated rings. The van der Waals surface area contributed by atoms with Gasteiger partial charge >= 0.3 is 0 Å². The topological polar surface area (TPSA) is 126 Å². The molecule has 21 heavy (non-hydrogen) atoms. The van der Waals surface area contributed by atoms with Gasteiger partial charge < -0.3 is 9.15 Å². The molecule has 0 saturated carbocycles. The lowest BCUT2D eigenvalue weighted by Crippen LogP contribution is -2.11. The largest absolute Gasteiger partial charge is 0.487 e. The lowest BCUT2D eigenvalue weighted by Gasteiger charge is -2.07. The van der Waals surface area contributed by atoms with Gasteiger partial charge in [0, 0.05) is 0 Å². The number of nitrogens with zero attached hydrogens (tertiary/aromatic N) is 2. The van der Waals surface area contributed by atoms with Gasteiger partial charge in [-0.1, -0.05) is 0 Å². The van der Waals surface area contributed by atoms with Gasteiger partial charge in [-0.15, -0.1) is 0 Å². The van der Waals surface area contributed by atoms with Crippen LogP contribution in [0.2, 0.25) is 0 Å². The molecule has 1 heterocycles. The Balaban J connectivity index is 2.95. The average molecular weight is 294 g/mol. The van der Waals surface area contributed by atoms with Crippen molar-refractivity contribution < 1.29 is 19.0 Å². The van der Waals surface area contributed by atoms with Crippen molar-refractivity contribution in [2.75, 3.05) is 6.61 Å². The van der Waals surface area contributed by atoms with Gasteiger partial charge in [0.25, 0.3) is 11.4 Å². The zero-order valence-corrected chi connectivity index (χ0v) is 11.1. The van der Waals surface area contributed by atoms with Crippen LogP contribution in [0.25, 0.3) is 11.0 Å². The predicted octanol–water partition coefficient (Wildman–Crippen LogP) is 2.32. The number of benzene rings is 1. The minimum atomic E-state index is -0.864. The van der Waals surface area contributed by atoms with Gasteiger partial charge in [0.2, 0.25) is 11.2 Å². The van der Waals surface area contributed by atoms with Crippen molar-refractivity contribution >= 4 is 22.3 Å². The van der Waals surface area contributed by atoms with E-state index in [9.17, 15) is 25.0 Å². The maximum atomic E-state index is 12.3. The fourth-order valence-electron chi connectivity index (χ4n) is 1.94. The number of ether oxygens (including phenoxy) is 1. The second-order valence-corrected chi connectivity index (χ2v) is 4.10. The van der Waals surface area contributed by atoms with E-state index in [0.29, 0.717) is 0 Å². The zero-order chi connectivity index (χ0) is 15.7. The van der Waals surface area contributed by atoms with Crippen LogP contribution in [0.3, 0.4) is 0 Å². The summed E-state index contributed by atoms with van der Waals surface area (Å²) in [6.07, 6.45) is 0. The minimum Gasteiger partial charge on any atom is -0.487 e. The van der Waals surface area contributed by atoms with E-state index in [1.54, 1.807) is 6.92 Å². The molecule has 9 heteroatoms. The standard InChI is InChI=1S/C12H10N2O7/c1-3-20-12-6(2)21-9-5-7(13(16)17)4-8(14(18)19)10(9)11(12)15/h4-5H,3H2,1-2H3. The first kappa shape index (κ1) is 14.4. The molecule has 0 atom stereocenters. The maximum Gasteiger partial charge on any atom is 0.291 e. The lowest BCUT2D eigenvalue weighted by atomic mass is 10.1. The molecule has 1 aromatic carbocycles. The third-order valence-corrected chi connectivity index (χ3v) is 2.78. The molecule has 0 bridgehead atoms. The number of non-ortho nitro benzene ring substituents is 2. The van der Waals surface area contributed by atoms with Gasteiger partial charge in [-0.05, 0) is 13.8 Å². The SMILES string of the molecule is CCOc1c(C)oc2cc([N+](=O)[O-])cc([N+](=O)[O-])c2c1=O. The summed E-state index contributed by atoms with van der Waals surface area (Å²) in [5.74, 6) is -0.0360. The Morgan fingerprint density at radius 1 is 1.24 bits per heavy atom. The summed E-state index contributed by atoms with van der Waals surface area (Å²) < 4.78 is 10.4. The normalized spacial score (nSPS) is 10.6. The lowest BCUT2D eigenvalue weighted by molar-refractivity contribution is -0.393. The van der Waals surface area contributed by atoms with Crippen LogP contribution in [-0.4, -0.2) is 16.5 Å². The summed E-state index contributed by atoms with van der Waals surface area (Å²) in [4.78, 5) is 32.5. The Kier molecular flexibility index (Phi) is 3.57. The molecule has 0 saturated heterocycles. The quantitative estimate of drug-likeness (QED) is 0.625. The van der Waals surface area contributed by atoms with Gasteiger partial charge in [0.15, 0.2) is 5.58 Å². The Morgan fingerprint density at radius 3 is 2.43 bits per heavy atom. The van der Waals surface area contributed by atoms with Crippen LogP contribution in [0, 0.1) is 27.2 Å². The van der Waals surface area contributed by atoms with Crippen molar-refractivity contribution in [3.05, 3.63) is 48.3 Å². The van der Waals surface area contributed by atoms with Gasteiger partial charge in [0.05, 0.1) is 28.6 Å². The molecule has 2 aromatic rings. The smallest absolute Gasteiger partial charge is 0.291 e. The molecule has 0 aliphatic rings. The fraction of sp³-hybridized carbons (Fsp3) is 0.250. The number of aryl methyl sites for hydroxylation is 1. The zero-order valence-electron chi connectivity index (χ0n) is 11.1. The Bertz CT molecular complexity index is 809. The molecule has 2 rings (SSSR count). The maximum absolute atomic E-state index is 12.3. The van der Waals surface area contributed by atoms with E-state index in [0.717, 1.165) is 12.1 Å². The Hall–Kier alpha value is -2.97. The van der Waals surface area contributed by atoms with Gasteiger partial charge in [0.1, 0.15) is 11.1 Å². The van der Waals surface area contributed by atoms with Gasteiger partial charge in [-0.3, -0.25) is 25.0 Å². The van der Waals surface area contributed by atoms with E-state index >= 15 is 0 Å². The Labute approximate surface area is 117 Å². The molecular formula is C12H10N2O7. The third kappa shape index (κ3) is 2.40. The molecule has 0 aliphatic carbocycles. The molecule has 0 unspecified atom stereocenters. The first-order chi connectivity index (χ1) is 9.86. The van der Waals surface area contributed by atoms with Crippen LogP contribution in [0.15, 0.2) is 21.3 Å². The monoisotopic (exact) mass is 294 g/mol. The summed E-state index contributed by atoms with van der Waals surface area (Å²) >= 11 is 0. The minimum absolute atomic E-state index is 0.101. The van der Waals surface area contributed by atoms with Crippen LogP contribution in [0.4, 0.5) is 11.4 Å². The van der Waals surface area contributed by atoms with E-state index in [1.165, 1.54) is 6.92 Å². The van der Waals surface area contributed by atoms with Crippen LogP contribution in [-0.2, 0) is 0 Å². The van der Waals surface area contributed by atoms with Crippen molar-refractivity contribution in [3.8, 4) is 5.75 Å². The molecule has 0 aliphatic heterocycles. The first-order valence-electron chi connectivity index (χ1n) is 5.89. The second-order valence-electron chi connectivity index (χ2n) is 4.10. The number of nitro benzene ring substituents is 2. The number of hydrogen-bond acceptors (Lipinski definition) is 7. The highest BCUT2D eigenvalue weighted by molar-refractivity contribution is 5.89. The second kappa shape index (κ2) is 5.19. The van der Waals surface area contributed by atoms with E-state index < -0.39 is 26.7 Å². The number of hydrogen-bond donors (Lipinski definition) is 0. The molecular weight excluding hydrogens is 284 g/mol. The third-order valence-electron chi connectivity index (χ3n) is 2.78. The van der Waals surface area contributed by atoms with Crippen molar-refractivity contribution in [1.82, 2.24) is 0 Å². The summed E-state index contributed by atoms with van der Waals surface area (Å²) in [6, 6.07) is 1.71.